The summed E-state index contributed by atoms with van der Waals surface area (Å²) in [6, 6.07) is 9.94. The van der Waals surface area contributed by atoms with E-state index >= 15 is 0 Å². The van der Waals surface area contributed by atoms with Crippen molar-refractivity contribution >= 4 is 55.6 Å². The molecule has 8 heteroatoms. The summed E-state index contributed by atoms with van der Waals surface area (Å²) in [5, 5.41) is 4.89. The van der Waals surface area contributed by atoms with Crippen LogP contribution in [0.2, 0.25) is 5.02 Å². The van der Waals surface area contributed by atoms with Gasteiger partial charge in [0, 0.05) is 23.7 Å². The minimum Gasteiger partial charge on any atom is -0.340 e. The number of imidazole rings is 1. The summed E-state index contributed by atoms with van der Waals surface area (Å²) in [4.78, 5) is 17.4. The van der Waals surface area contributed by atoms with Gasteiger partial charge >= 0.3 is 0 Å². The Morgan fingerprint density at radius 2 is 2.00 bits per heavy atom. The van der Waals surface area contributed by atoms with E-state index < -0.39 is 0 Å². The fraction of sp³-hybridized carbons (Fsp3) is 0.0526. The Morgan fingerprint density at radius 3 is 2.85 bits per heavy atom. The van der Waals surface area contributed by atoms with Crippen molar-refractivity contribution in [2.75, 3.05) is 5.32 Å². The number of hydrogen-bond acceptors (Lipinski definition) is 6. The van der Waals surface area contributed by atoms with Crippen LogP contribution in [0.3, 0.4) is 0 Å². The van der Waals surface area contributed by atoms with Gasteiger partial charge in [0.2, 0.25) is 0 Å². The predicted octanol–water partition coefficient (Wildman–Crippen LogP) is 5.04. The van der Waals surface area contributed by atoms with Gasteiger partial charge in [-0.3, -0.25) is 0 Å². The van der Waals surface area contributed by atoms with Gasteiger partial charge < -0.3 is 9.88 Å². The van der Waals surface area contributed by atoms with Crippen LogP contribution < -0.4 is 5.32 Å². The van der Waals surface area contributed by atoms with E-state index in [0.717, 1.165) is 43.9 Å². The minimum absolute atomic E-state index is 0.625. The molecule has 5 rings (SSSR count). The highest BCUT2D eigenvalue weighted by Gasteiger charge is 2.13. The first-order chi connectivity index (χ1) is 13.2. The third-order valence-corrected chi connectivity index (χ3v) is 5.53. The molecule has 6 nitrogen and oxygen atoms in total. The lowest BCUT2D eigenvalue weighted by Crippen LogP contribution is -1.97. The van der Waals surface area contributed by atoms with Crippen molar-refractivity contribution in [2.45, 2.75) is 0 Å². The molecular weight excluding hydrogens is 380 g/mol. The fourth-order valence-electron chi connectivity index (χ4n) is 3.06. The van der Waals surface area contributed by atoms with E-state index in [4.69, 9.17) is 11.6 Å². The van der Waals surface area contributed by atoms with Crippen LogP contribution in [0.1, 0.15) is 0 Å². The number of hydrogen-bond donors (Lipinski definition) is 1. The number of nitrogens with one attached hydrogen (secondary N) is 1. The van der Waals surface area contributed by atoms with Crippen LogP contribution in [0.15, 0.2) is 54.7 Å². The summed E-state index contributed by atoms with van der Waals surface area (Å²) in [7, 11) is 1.94. The molecule has 0 radical (unpaired) electrons. The van der Waals surface area contributed by atoms with Crippen LogP contribution in [-0.2, 0) is 7.05 Å². The van der Waals surface area contributed by atoms with Crippen LogP contribution in [0.4, 0.5) is 11.5 Å². The summed E-state index contributed by atoms with van der Waals surface area (Å²) in [5.41, 5.74) is 6.32. The van der Waals surface area contributed by atoms with Crippen LogP contribution >= 0.6 is 22.9 Å². The number of anilines is 2. The molecule has 3 aromatic heterocycles. The number of benzene rings is 2. The molecule has 0 aliphatic rings. The van der Waals surface area contributed by atoms with Gasteiger partial charge in [-0.1, -0.05) is 11.6 Å². The van der Waals surface area contributed by atoms with Crippen molar-refractivity contribution in [3.05, 3.63) is 59.7 Å². The average Bonchev–Trinajstić information content (AvgIpc) is 3.30. The van der Waals surface area contributed by atoms with Gasteiger partial charge in [-0.25, -0.2) is 19.9 Å². The van der Waals surface area contributed by atoms with E-state index in [-0.39, 0.29) is 0 Å². The number of halogens is 1. The van der Waals surface area contributed by atoms with Gasteiger partial charge in [0.05, 0.1) is 44.5 Å². The molecule has 1 N–H and O–H groups in total. The molecule has 0 fully saturated rings. The standard InChI is InChI=1S/C19H13ClN6S/c1-26-9-21-7-17(26)12-5-13-15(6-14(12)20)22-8-23-19(13)25-11-2-3-18-16(4-11)24-10-27-18/h2-10H,1H3,(H,22,23,25). The molecule has 0 atom stereocenters. The molecule has 0 saturated heterocycles. The van der Waals surface area contributed by atoms with E-state index in [1.807, 2.05) is 41.4 Å². The maximum atomic E-state index is 6.50. The SMILES string of the molecule is Cn1cncc1-c1cc2c(Nc3ccc4scnc4c3)ncnc2cc1Cl. The molecular formula is C19H13ClN6S. The smallest absolute Gasteiger partial charge is 0.141 e. The number of aryl methyl sites for hydroxylation is 1. The molecule has 0 amide bonds. The highest BCUT2D eigenvalue weighted by Crippen LogP contribution is 2.34. The molecule has 0 spiro atoms. The van der Waals surface area contributed by atoms with E-state index in [1.165, 1.54) is 6.33 Å². The molecule has 27 heavy (non-hydrogen) atoms. The Bertz CT molecular complexity index is 1290. The van der Waals surface area contributed by atoms with Crippen molar-refractivity contribution < 1.29 is 0 Å². The van der Waals surface area contributed by atoms with Gasteiger partial charge in [-0.2, -0.15) is 0 Å². The van der Waals surface area contributed by atoms with E-state index in [2.05, 4.69) is 31.3 Å². The summed E-state index contributed by atoms with van der Waals surface area (Å²) >= 11 is 8.12. The van der Waals surface area contributed by atoms with Crippen molar-refractivity contribution in [1.82, 2.24) is 24.5 Å². The highest BCUT2D eigenvalue weighted by molar-refractivity contribution is 7.16. The maximum Gasteiger partial charge on any atom is 0.141 e. The second-order valence-corrected chi connectivity index (χ2v) is 7.41. The second kappa shape index (κ2) is 6.29. The number of rotatable bonds is 3. The minimum atomic E-state index is 0.625. The predicted molar refractivity (Wildman–Crippen MR) is 110 cm³/mol. The van der Waals surface area contributed by atoms with E-state index in [9.17, 15) is 0 Å². The first-order valence-corrected chi connectivity index (χ1v) is 9.46. The Hall–Kier alpha value is -3.03. The Kier molecular flexibility index (Phi) is 3.77. The Labute approximate surface area is 163 Å². The van der Waals surface area contributed by atoms with Crippen LogP contribution in [0.25, 0.3) is 32.4 Å². The topological polar surface area (TPSA) is 68.5 Å². The third kappa shape index (κ3) is 2.81. The quantitative estimate of drug-likeness (QED) is 0.466. The lowest BCUT2D eigenvalue weighted by molar-refractivity contribution is 0.921. The van der Waals surface area contributed by atoms with Crippen LogP contribution in [0, 0.1) is 0 Å². The zero-order chi connectivity index (χ0) is 18.4. The van der Waals surface area contributed by atoms with Gasteiger partial charge in [0.25, 0.3) is 0 Å². The number of aromatic nitrogens is 5. The lowest BCUT2D eigenvalue weighted by atomic mass is 10.1. The summed E-state index contributed by atoms with van der Waals surface area (Å²) < 4.78 is 3.08. The average molecular weight is 393 g/mol. The molecule has 132 valence electrons. The van der Waals surface area contributed by atoms with Gasteiger partial charge in [-0.05, 0) is 30.3 Å². The molecule has 2 aromatic carbocycles. The Morgan fingerprint density at radius 1 is 1.07 bits per heavy atom. The van der Waals surface area contributed by atoms with Crippen LogP contribution in [-0.4, -0.2) is 24.5 Å². The molecule has 0 saturated carbocycles. The van der Waals surface area contributed by atoms with Gasteiger partial charge in [0.15, 0.2) is 0 Å². The molecule has 0 aliphatic carbocycles. The number of thiazole rings is 1. The molecule has 0 unspecified atom stereocenters. The molecule has 3 heterocycles. The first-order valence-electron chi connectivity index (χ1n) is 8.20. The number of nitrogens with zero attached hydrogens (tertiary/aromatic N) is 5. The maximum absolute atomic E-state index is 6.50. The second-order valence-electron chi connectivity index (χ2n) is 6.12. The highest BCUT2D eigenvalue weighted by atomic mass is 35.5. The van der Waals surface area contributed by atoms with Crippen molar-refractivity contribution in [3.8, 4) is 11.3 Å². The van der Waals surface area contributed by atoms with Crippen molar-refractivity contribution in [2.24, 2.45) is 7.05 Å². The van der Waals surface area contributed by atoms with E-state index in [1.54, 1.807) is 23.9 Å². The lowest BCUT2D eigenvalue weighted by Gasteiger charge is -2.11. The molecule has 5 aromatic rings. The third-order valence-electron chi connectivity index (χ3n) is 4.41. The zero-order valence-electron chi connectivity index (χ0n) is 14.2. The summed E-state index contributed by atoms with van der Waals surface area (Å²) in [6.45, 7) is 0. The summed E-state index contributed by atoms with van der Waals surface area (Å²) in [6.07, 6.45) is 5.08. The zero-order valence-corrected chi connectivity index (χ0v) is 15.8. The summed E-state index contributed by atoms with van der Waals surface area (Å²) in [5.74, 6) is 0.717. The van der Waals surface area contributed by atoms with E-state index in [0.29, 0.717) is 5.02 Å². The fourth-order valence-corrected chi connectivity index (χ4v) is 3.98. The van der Waals surface area contributed by atoms with Gasteiger partial charge in [-0.15, -0.1) is 11.3 Å². The largest absolute Gasteiger partial charge is 0.340 e. The van der Waals surface area contributed by atoms with Crippen LogP contribution in [0.5, 0.6) is 0 Å². The molecule has 0 aliphatic heterocycles. The number of fused-ring (bicyclic) bond motifs is 2. The van der Waals surface area contributed by atoms with Crippen molar-refractivity contribution in [3.63, 3.8) is 0 Å². The monoisotopic (exact) mass is 392 g/mol. The Balaban J connectivity index is 1.64. The molecule has 0 bridgehead atoms. The first kappa shape index (κ1) is 16.2. The van der Waals surface area contributed by atoms with Crippen molar-refractivity contribution in [1.29, 1.82) is 0 Å². The normalized spacial score (nSPS) is 11.3. The van der Waals surface area contributed by atoms with Gasteiger partial charge in [0.1, 0.15) is 12.1 Å².